The number of rotatable bonds is 6. The van der Waals surface area contributed by atoms with Crippen molar-refractivity contribution in [3.8, 4) is 28.3 Å². The molecule has 0 radical (unpaired) electrons. The molecule has 0 fully saturated rings. The maximum atomic E-state index is 6.23. The summed E-state index contributed by atoms with van der Waals surface area (Å²) in [6.45, 7) is 3.60. The van der Waals surface area contributed by atoms with E-state index in [-0.39, 0.29) is 12.4 Å². The molecular formula is C24H25ClN6O. The van der Waals surface area contributed by atoms with E-state index in [4.69, 9.17) is 9.72 Å². The third-order valence-corrected chi connectivity index (χ3v) is 5.54. The molecule has 0 aliphatic carbocycles. The molecule has 5 rings (SSSR count). The van der Waals surface area contributed by atoms with Gasteiger partial charge in [-0.1, -0.05) is 55.5 Å². The summed E-state index contributed by atoms with van der Waals surface area (Å²) in [5.74, 6) is 1.48. The molecule has 4 aromatic rings. The molecule has 0 spiro atoms. The van der Waals surface area contributed by atoms with Crippen LogP contribution in [0, 0.1) is 0 Å². The van der Waals surface area contributed by atoms with Crippen molar-refractivity contribution in [2.75, 3.05) is 11.9 Å². The van der Waals surface area contributed by atoms with Crippen molar-refractivity contribution in [1.82, 2.24) is 25.6 Å². The van der Waals surface area contributed by atoms with E-state index in [9.17, 15) is 0 Å². The number of ether oxygens (including phenoxy) is 1. The third kappa shape index (κ3) is 4.43. The highest BCUT2D eigenvalue weighted by molar-refractivity contribution is 5.85. The number of aromatic amines is 1. The molecule has 7 nitrogen and oxygen atoms in total. The summed E-state index contributed by atoms with van der Waals surface area (Å²) >= 11 is 0. The molecule has 0 saturated carbocycles. The Morgan fingerprint density at radius 2 is 1.84 bits per heavy atom. The lowest BCUT2D eigenvalue weighted by Gasteiger charge is -2.21. The Labute approximate surface area is 193 Å². The first-order valence-electron chi connectivity index (χ1n) is 10.6. The van der Waals surface area contributed by atoms with Gasteiger partial charge in [-0.05, 0) is 41.2 Å². The van der Waals surface area contributed by atoms with Crippen molar-refractivity contribution >= 4 is 18.1 Å². The average molecular weight is 449 g/mol. The van der Waals surface area contributed by atoms with E-state index in [0.29, 0.717) is 12.4 Å². The predicted molar refractivity (Wildman–Crippen MR) is 127 cm³/mol. The molecule has 0 saturated heterocycles. The van der Waals surface area contributed by atoms with E-state index in [1.807, 2.05) is 18.2 Å². The quantitative estimate of drug-likeness (QED) is 0.438. The van der Waals surface area contributed by atoms with Gasteiger partial charge in [-0.25, -0.2) is 0 Å². The zero-order valence-electron chi connectivity index (χ0n) is 17.8. The summed E-state index contributed by atoms with van der Waals surface area (Å²) in [7, 11) is 0. The monoisotopic (exact) mass is 448 g/mol. The number of aryl methyl sites for hydroxylation is 2. The second-order valence-corrected chi connectivity index (χ2v) is 7.58. The molecule has 32 heavy (non-hydrogen) atoms. The van der Waals surface area contributed by atoms with Gasteiger partial charge in [-0.3, -0.25) is 4.98 Å². The van der Waals surface area contributed by atoms with Crippen LogP contribution in [0.1, 0.15) is 30.3 Å². The molecule has 0 bridgehead atoms. The first-order chi connectivity index (χ1) is 15.3. The fourth-order valence-electron chi connectivity index (χ4n) is 3.91. The minimum Gasteiger partial charge on any atom is -0.487 e. The summed E-state index contributed by atoms with van der Waals surface area (Å²) < 4.78 is 6.23. The highest BCUT2D eigenvalue weighted by Crippen LogP contribution is 2.33. The summed E-state index contributed by atoms with van der Waals surface area (Å²) in [4.78, 5) is 4.76. The molecule has 2 aromatic heterocycles. The number of tetrazole rings is 1. The normalized spacial score (nSPS) is 12.4. The van der Waals surface area contributed by atoms with Gasteiger partial charge in [0, 0.05) is 23.9 Å². The van der Waals surface area contributed by atoms with Gasteiger partial charge in [0.2, 0.25) is 5.82 Å². The molecule has 1 aliphatic heterocycles. The standard InChI is InChI=1S/C24H24N6O.ClH/c1-2-18-14-22(23-21(26-18)8-5-13-25-23)31-15-16-9-11-17(12-10-16)19-6-3-4-7-20(19)24-27-29-30-28-24;/h3-4,6-7,9-12,14,25H,2,5,8,13,15H2,1H3,(H,27,28,29,30);1H. The fourth-order valence-corrected chi connectivity index (χ4v) is 3.91. The second-order valence-electron chi connectivity index (χ2n) is 7.58. The number of nitrogens with one attached hydrogen (secondary N) is 2. The average Bonchev–Trinajstić information content (AvgIpc) is 3.37. The number of fused-ring (bicyclic) bond motifs is 1. The van der Waals surface area contributed by atoms with Crippen molar-refractivity contribution in [2.24, 2.45) is 0 Å². The highest BCUT2D eigenvalue weighted by Gasteiger charge is 2.17. The molecule has 164 valence electrons. The van der Waals surface area contributed by atoms with Crippen molar-refractivity contribution in [3.05, 3.63) is 71.5 Å². The first kappa shape index (κ1) is 21.8. The van der Waals surface area contributed by atoms with Crippen LogP contribution in [0.15, 0.2) is 54.6 Å². The van der Waals surface area contributed by atoms with Gasteiger partial charge in [0.1, 0.15) is 12.4 Å². The minimum absolute atomic E-state index is 0. The molecule has 3 heterocycles. The zero-order valence-corrected chi connectivity index (χ0v) is 18.7. The fraction of sp³-hybridized carbons (Fsp3) is 0.250. The predicted octanol–water partition coefficient (Wildman–Crippen LogP) is 4.85. The van der Waals surface area contributed by atoms with Crippen molar-refractivity contribution in [2.45, 2.75) is 32.8 Å². The second kappa shape index (κ2) is 9.78. The summed E-state index contributed by atoms with van der Waals surface area (Å²) in [5.41, 5.74) is 7.47. The molecule has 8 heteroatoms. The SMILES string of the molecule is CCc1cc(OCc2ccc(-c3ccccc3-c3nn[nH]n3)cc2)c2c(n1)CCCN2.Cl. The molecule has 2 aromatic carbocycles. The van der Waals surface area contributed by atoms with Crippen LogP contribution < -0.4 is 10.1 Å². The lowest BCUT2D eigenvalue weighted by molar-refractivity contribution is 0.306. The Balaban J connectivity index is 0.00000245. The number of pyridine rings is 1. The zero-order chi connectivity index (χ0) is 21.0. The number of anilines is 1. The van der Waals surface area contributed by atoms with Crippen LogP contribution in [0.2, 0.25) is 0 Å². The van der Waals surface area contributed by atoms with Gasteiger partial charge in [0.25, 0.3) is 0 Å². The maximum absolute atomic E-state index is 6.23. The van der Waals surface area contributed by atoms with E-state index >= 15 is 0 Å². The van der Waals surface area contributed by atoms with E-state index in [0.717, 1.165) is 70.9 Å². The summed E-state index contributed by atoms with van der Waals surface area (Å²) in [5, 5.41) is 17.9. The van der Waals surface area contributed by atoms with Crippen molar-refractivity contribution < 1.29 is 4.74 Å². The molecular weight excluding hydrogens is 424 g/mol. The Morgan fingerprint density at radius 1 is 1.03 bits per heavy atom. The Hall–Kier alpha value is -3.45. The third-order valence-electron chi connectivity index (χ3n) is 5.54. The Morgan fingerprint density at radius 3 is 2.59 bits per heavy atom. The van der Waals surface area contributed by atoms with Crippen LogP contribution in [0.5, 0.6) is 5.75 Å². The van der Waals surface area contributed by atoms with Gasteiger partial charge in [-0.2, -0.15) is 5.21 Å². The lowest BCUT2D eigenvalue weighted by Crippen LogP contribution is -2.15. The van der Waals surface area contributed by atoms with Gasteiger partial charge in [0.05, 0.1) is 11.4 Å². The van der Waals surface area contributed by atoms with Gasteiger partial charge >= 0.3 is 0 Å². The number of benzene rings is 2. The summed E-state index contributed by atoms with van der Waals surface area (Å²) in [6, 6.07) is 18.5. The van der Waals surface area contributed by atoms with E-state index in [1.165, 1.54) is 0 Å². The molecule has 1 aliphatic rings. The maximum Gasteiger partial charge on any atom is 0.205 e. The summed E-state index contributed by atoms with van der Waals surface area (Å²) in [6.07, 6.45) is 3.01. The van der Waals surface area contributed by atoms with Crippen LogP contribution in [0.3, 0.4) is 0 Å². The highest BCUT2D eigenvalue weighted by atomic mass is 35.5. The van der Waals surface area contributed by atoms with E-state index in [2.05, 4.69) is 69.3 Å². The van der Waals surface area contributed by atoms with Crippen molar-refractivity contribution in [1.29, 1.82) is 0 Å². The number of hydrogen-bond donors (Lipinski definition) is 2. The van der Waals surface area contributed by atoms with Crippen LogP contribution in [0.4, 0.5) is 5.69 Å². The van der Waals surface area contributed by atoms with E-state index in [1.54, 1.807) is 0 Å². The number of H-pyrrole nitrogens is 1. The molecule has 0 amide bonds. The van der Waals surface area contributed by atoms with Gasteiger partial charge < -0.3 is 10.1 Å². The first-order valence-corrected chi connectivity index (χ1v) is 10.6. The number of hydrogen-bond acceptors (Lipinski definition) is 6. The number of halogens is 1. The number of nitrogens with zero attached hydrogens (tertiary/aromatic N) is 4. The molecule has 0 atom stereocenters. The van der Waals surface area contributed by atoms with Gasteiger partial charge in [-0.15, -0.1) is 22.6 Å². The van der Waals surface area contributed by atoms with Crippen LogP contribution in [-0.2, 0) is 19.4 Å². The van der Waals surface area contributed by atoms with Crippen molar-refractivity contribution in [3.63, 3.8) is 0 Å². The van der Waals surface area contributed by atoms with Crippen LogP contribution >= 0.6 is 12.4 Å². The largest absolute Gasteiger partial charge is 0.487 e. The smallest absolute Gasteiger partial charge is 0.205 e. The van der Waals surface area contributed by atoms with E-state index < -0.39 is 0 Å². The molecule has 2 N–H and O–H groups in total. The Kier molecular flexibility index (Phi) is 6.66. The van der Waals surface area contributed by atoms with Gasteiger partial charge in [0.15, 0.2) is 0 Å². The minimum atomic E-state index is 0. The topological polar surface area (TPSA) is 88.6 Å². The Bertz CT molecular complexity index is 1180. The van der Waals surface area contributed by atoms with Crippen LogP contribution in [0.25, 0.3) is 22.5 Å². The number of aromatic nitrogens is 5. The molecule has 0 unspecified atom stereocenters. The lowest BCUT2D eigenvalue weighted by atomic mass is 9.98. The van der Waals surface area contributed by atoms with Crippen LogP contribution in [-0.4, -0.2) is 32.2 Å².